The van der Waals surface area contributed by atoms with E-state index >= 15 is 0 Å². The number of para-hydroxylation sites is 1. The lowest BCUT2D eigenvalue weighted by atomic mass is 10.1. The molecule has 0 aliphatic rings. The second kappa shape index (κ2) is 6.47. The molecular formula is C17H10Cl2N2O3. The largest absolute Gasteiger partial charge is 0.476 e. The van der Waals surface area contributed by atoms with Crippen LogP contribution in [0.1, 0.15) is 20.8 Å². The lowest BCUT2D eigenvalue weighted by molar-refractivity contribution is 0.0686. The number of aromatic nitrogens is 1. The number of nitrogens with zero attached hydrogens (tertiary/aromatic N) is 1. The predicted octanol–water partition coefficient (Wildman–Crippen LogP) is 4.49. The second-order valence-corrected chi connectivity index (χ2v) is 5.72. The molecule has 1 heterocycles. The molecule has 0 fully saturated rings. The molecule has 0 aliphatic heterocycles. The molecule has 7 heteroatoms. The first-order valence-corrected chi connectivity index (χ1v) is 7.61. The molecule has 0 atom stereocenters. The van der Waals surface area contributed by atoms with Crippen molar-refractivity contribution in [2.24, 2.45) is 0 Å². The number of hydrogen-bond donors (Lipinski definition) is 2. The highest BCUT2D eigenvalue weighted by Crippen LogP contribution is 2.30. The van der Waals surface area contributed by atoms with E-state index in [0.29, 0.717) is 16.6 Å². The van der Waals surface area contributed by atoms with E-state index in [-0.39, 0.29) is 21.3 Å². The van der Waals surface area contributed by atoms with Gasteiger partial charge in [-0.2, -0.15) is 0 Å². The summed E-state index contributed by atoms with van der Waals surface area (Å²) in [5.41, 5.74) is 0.396. The van der Waals surface area contributed by atoms with Crippen LogP contribution in [0.5, 0.6) is 0 Å². The molecule has 1 aromatic heterocycles. The van der Waals surface area contributed by atoms with Gasteiger partial charge in [-0.1, -0.05) is 47.5 Å². The van der Waals surface area contributed by atoms with Crippen molar-refractivity contribution in [3.63, 3.8) is 0 Å². The first kappa shape index (κ1) is 16.2. The monoisotopic (exact) mass is 360 g/mol. The SMILES string of the molecule is O=C(Nc1cccc(Cl)c1Cl)c1cc2ccccc2nc1C(=O)O. The third kappa shape index (κ3) is 3.04. The summed E-state index contributed by atoms with van der Waals surface area (Å²) in [5.74, 6) is -1.92. The zero-order valence-corrected chi connectivity index (χ0v) is 13.6. The van der Waals surface area contributed by atoms with Crippen molar-refractivity contribution >= 4 is 51.7 Å². The number of fused-ring (bicyclic) bond motifs is 1. The molecule has 3 aromatic rings. The number of carbonyl (C=O) groups excluding carboxylic acids is 1. The lowest BCUT2D eigenvalue weighted by Crippen LogP contribution is -2.18. The molecule has 0 aliphatic carbocycles. The molecule has 0 bridgehead atoms. The normalized spacial score (nSPS) is 10.6. The Morgan fingerprint density at radius 1 is 1.04 bits per heavy atom. The van der Waals surface area contributed by atoms with Gasteiger partial charge >= 0.3 is 5.97 Å². The van der Waals surface area contributed by atoms with E-state index < -0.39 is 11.9 Å². The standard InChI is InChI=1S/C17H10Cl2N2O3/c18-11-5-3-7-13(14(11)19)21-16(22)10-8-9-4-1-2-6-12(9)20-15(10)17(23)24/h1-8H,(H,21,22)(H,23,24). The number of anilines is 1. The maximum absolute atomic E-state index is 12.5. The van der Waals surface area contributed by atoms with Gasteiger partial charge in [0.05, 0.1) is 26.8 Å². The average Bonchev–Trinajstić information content (AvgIpc) is 2.57. The smallest absolute Gasteiger partial charge is 0.355 e. The number of halogens is 2. The van der Waals surface area contributed by atoms with Crippen molar-refractivity contribution in [1.82, 2.24) is 4.98 Å². The zero-order chi connectivity index (χ0) is 17.3. The van der Waals surface area contributed by atoms with Crippen molar-refractivity contribution in [2.75, 3.05) is 5.32 Å². The number of hydrogen-bond acceptors (Lipinski definition) is 3. The van der Waals surface area contributed by atoms with Crippen molar-refractivity contribution < 1.29 is 14.7 Å². The van der Waals surface area contributed by atoms with Gasteiger partial charge in [0.25, 0.3) is 5.91 Å². The fourth-order valence-corrected chi connectivity index (χ4v) is 2.59. The lowest BCUT2D eigenvalue weighted by Gasteiger charge is -2.10. The molecule has 0 unspecified atom stereocenters. The molecule has 0 radical (unpaired) electrons. The number of rotatable bonds is 3. The Labute approximate surface area is 146 Å². The Morgan fingerprint density at radius 2 is 1.79 bits per heavy atom. The molecule has 1 amide bonds. The molecule has 2 N–H and O–H groups in total. The molecule has 0 saturated heterocycles. The highest BCUT2D eigenvalue weighted by atomic mass is 35.5. The Hall–Kier alpha value is -2.63. The summed E-state index contributed by atoms with van der Waals surface area (Å²) in [7, 11) is 0. The van der Waals surface area contributed by atoms with E-state index in [9.17, 15) is 14.7 Å². The highest BCUT2D eigenvalue weighted by molar-refractivity contribution is 6.44. The highest BCUT2D eigenvalue weighted by Gasteiger charge is 2.20. The van der Waals surface area contributed by atoms with Gasteiger partial charge in [0.15, 0.2) is 5.69 Å². The van der Waals surface area contributed by atoms with E-state index in [0.717, 1.165) is 0 Å². The van der Waals surface area contributed by atoms with Crippen LogP contribution in [0.15, 0.2) is 48.5 Å². The zero-order valence-electron chi connectivity index (χ0n) is 12.1. The van der Waals surface area contributed by atoms with E-state index in [1.807, 2.05) is 0 Å². The first-order chi connectivity index (χ1) is 11.5. The fraction of sp³-hybridized carbons (Fsp3) is 0. The molecule has 120 valence electrons. The minimum absolute atomic E-state index is 0.0581. The van der Waals surface area contributed by atoms with E-state index in [1.165, 1.54) is 6.07 Å². The van der Waals surface area contributed by atoms with Crippen molar-refractivity contribution in [3.8, 4) is 0 Å². The summed E-state index contributed by atoms with van der Waals surface area (Å²) >= 11 is 12.0. The Morgan fingerprint density at radius 3 is 2.54 bits per heavy atom. The van der Waals surface area contributed by atoms with Gasteiger partial charge < -0.3 is 10.4 Å². The molecule has 2 aromatic carbocycles. The molecule has 5 nitrogen and oxygen atoms in total. The Bertz CT molecular complexity index is 973. The topological polar surface area (TPSA) is 79.3 Å². The van der Waals surface area contributed by atoms with Crippen LogP contribution in [0, 0.1) is 0 Å². The third-order valence-corrected chi connectivity index (χ3v) is 4.19. The van der Waals surface area contributed by atoms with Crippen LogP contribution in [0.3, 0.4) is 0 Å². The minimum Gasteiger partial charge on any atom is -0.476 e. The predicted molar refractivity (Wildman–Crippen MR) is 93.1 cm³/mol. The molecular weight excluding hydrogens is 351 g/mol. The quantitative estimate of drug-likeness (QED) is 0.720. The third-order valence-electron chi connectivity index (χ3n) is 3.37. The van der Waals surface area contributed by atoms with Gasteiger partial charge in [-0.05, 0) is 24.3 Å². The number of nitrogens with one attached hydrogen (secondary N) is 1. The summed E-state index contributed by atoms with van der Waals surface area (Å²) in [4.78, 5) is 28.0. The summed E-state index contributed by atoms with van der Waals surface area (Å²) in [6, 6.07) is 13.2. The van der Waals surface area contributed by atoms with Crippen LogP contribution < -0.4 is 5.32 Å². The van der Waals surface area contributed by atoms with Crippen molar-refractivity contribution in [3.05, 3.63) is 69.8 Å². The number of benzene rings is 2. The number of aromatic carboxylic acids is 1. The number of pyridine rings is 1. The van der Waals surface area contributed by atoms with Gasteiger partial charge in [-0.15, -0.1) is 0 Å². The fourth-order valence-electron chi connectivity index (χ4n) is 2.24. The van der Waals surface area contributed by atoms with Crippen molar-refractivity contribution in [2.45, 2.75) is 0 Å². The molecule has 0 saturated carbocycles. The number of amides is 1. The van der Waals surface area contributed by atoms with Crippen LogP contribution in [0.2, 0.25) is 10.0 Å². The Kier molecular flexibility index (Phi) is 4.38. The molecule has 0 spiro atoms. The second-order valence-electron chi connectivity index (χ2n) is 4.94. The van der Waals surface area contributed by atoms with Gasteiger partial charge in [0.1, 0.15) is 0 Å². The van der Waals surface area contributed by atoms with Crippen LogP contribution >= 0.6 is 23.2 Å². The van der Waals surface area contributed by atoms with Crippen LogP contribution in [-0.4, -0.2) is 22.0 Å². The van der Waals surface area contributed by atoms with Gasteiger partial charge in [-0.3, -0.25) is 4.79 Å². The van der Waals surface area contributed by atoms with E-state index in [4.69, 9.17) is 23.2 Å². The van der Waals surface area contributed by atoms with Crippen LogP contribution in [0.25, 0.3) is 10.9 Å². The maximum atomic E-state index is 12.5. The van der Waals surface area contributed by atoms with E-state index in [2.05, 4.69) is 10.3 Å². The molecule has 3 rings (SSSR count). The number of carboxylic acids is 1. The maximum Gasteiger partial charge on any atom is 0.355 e. The van der Waals surface area contributed by atoms with Gasteiger partial charge in [-0.25, -0.2) is 9.78 Å². The van der Waals surface area contributed by atoms with E-state index in [1.54, 1.807) is 42.5 Å². The van der Waals surface area contributed by atoms with Crippen molar-refractivity contribution in [1.29, 1.82) is 0 Å². The number of carboxylic acid groups (broad SMARTS) is 1. The summed E-state index contributed by atoms with van der Waals surface area (Å²) in [6.07, 6.45) is 0. The van der Waals surface area contributed by atoms with Crippen LogP contribution in [-0.2, 0) is 0 Å². The van der Waals surface area contributed by atoms with Gasteiger partial charge in [0.2, 0.25) is 0 Å². The average molecular weight is 361 g/mol. The first-order valence-electron chi connectivity index (χ1n) is 6.86. The van der Waals surface area contributed by atoms with Gasteiger partial charge in [0, 0.05) is 5.39 Å². The Balaban J connectivity index is 2.07. The van der Waals surface area contributed by atoms with Crippen LogP contribution in [0.4, 0.5) is 5.69 Å². The minimum atomic E-state index is -1.29. The summed E-state index contributed by atoms with van der Waals surface area (Å²) in [6.45, 7) is 0. The summed E-state index contributed by atoms with van der Waals surface area (Å²) < 4.78 is 0. The summed E-state index contributed by atoms with van der Waals surface area (Å²) in [5, 5.41) is 13.0. The molecule has 24 heavy (non-hydrogen) atoms. The number of carbonyl (C=O) groups is 2.